The molecule has 0 spiro atoms. The Labute approximate surface area is 164 Å². The molecule has 0 N–H and O–H groups in total. The molecular weight excluding hydrogens is 366 g/mol. The zero-order valence-electron chi connectivity index (χ0n) is 16.3. The molecular formula is C20H27NO7. The van der Waals surface area contributed by atoms with E-state index in [-0.39, 0.29) is 31.1 Å². The van der Waals surface area contributed by atoms with Crippen LogP contribution >= 0.6 is 0 Å². The fraction of sp³-hybridized carbons (Fsp3) is 0.600. The van der Waals surface area contributed by atoms with Crippen LogP contribution in [0.25, 0.3) is 0 Å². The van der Waals surface area contributed by atoms with Gasteiger partial charge in [-0.05, 0) is 26.0 Å². The summed E-state index contributed by atoms with van der Waals surface area (Å²) in [5, 5.41) is 0. The first-order valence-corrected chi connectivity index (χ1v) is 9.48. The smallest absolute Gasteiger partial charge is 0.261 e. The van der Waals surface area contributed by atoms with Crippen LogP contribution in [-0.2, 0) is 23.7 Å². The highest BCUT2D eigenvalue weighted by Crippen LogP contribution is 2.22. The van der Waals surface area contributed by atoms with E-state index in [4.69, 9.17) is 23.7 Å². The minimum absolute atomic E-state index is 0.0412. The van der Waals surface area contributed by atoms with Crippen LogP contribution < -0.4 is 0 Å². The zero-order valence-corrected chi connectivity index (χ0v) is 16.3. The lowest BCUT2D eigenvalue weighted by atomic mass is 10.1. The molecule has 154 valence electrons. The first kappa shape index (κ1) is 20.9. The quantitative estimate of drug-likeness (QED) is 0.416. The molecule has 0 bridgehead atoms. The van der Waals surface area contributed by atoms with Gasteiger partial charge in [-0.1, -0.05) is 12.1 Å². The standard InChI is InChI=1S/C20H27NO7/c1-20(2)27-14-15(28-20)13-26-12-11-25-10-9-24-8-7-21-18(22)16-5-3-4-6-17(16)19(21)23/h3-6,15H,7-14H2,1-2H3/t15-/m1/s1. The van der Waals surface area contributed by atoms with Gasteiger partial charge in [-0.25, -0.2) is 0 Å². The first-order valence-electron chi connectivity index (χ1n) is 9.48. The van der Waals surface area contributed by atoms with E-state index in [0.717, 1.165) is 0 Å². The molecule has 3 rings (SSSR count). The van der Waals surface area contributed by atoms with Crippen molar-refractivity contribution in [3.63, 3.8) is 0 Å². The Morgan fingerprint density at radius 2 is 1.54 bits per heavy atom. The summed E-state index contributed by atoms with van der Waals surface area (Å²) in [4.78, 5) is 25.6. The Morgan fingerprint density at radius 1 is 0.964 bits per heavy atom. The maximum Gasteiger partial charge on any atom is 0.261 e. The molecule has 28 heavy (non-hydrogen) atoms. The summed E-state index contributed by atoms with van der Waals surface area (Å²) < 4.78 is 27.5. The van der Waals surface area contributed by atoms with Crippen LogP contribution in [0.5, 0.6) is 0 Å². The molecule has 1 saturated heterocycles. The van der Waals surface area contributed by atoms with Crippen molar-refractivity contribution in [2.24, 2.45) is 0 Å². The van der Waals surface area contributed by atoms with Crippen LogP contribution in [0.3, 0.4) is 0 Å². The van der Waals surface area contributed by atoms with Crippen LogP contribution in [0.15, 0.2) is 24.3 Å². The van der Waals surface area contributed by atoms with Crippen molar-refractivity contribution in [2.45, 2.75) is 25.7 Å². The van der Waals surface area contributed by atoms with Gasteiger partial charge in [0, 0.05) is 0 Å². The average molecular weight is 393 g/mol. The number of amides is 2. The number of imide groups is 1. The van der Waals surface area contributed by atoms with Crippen molar-refractivity contribution in [3.05, 3.63) is 35.4 Å². The normalized spacial score (nSPS) is 20.8. The second kappa shape index (κ2) is 9.58. The number of hydrogen-bond acceptors (Lipinski definition) is 7. The summed E-state index contributed by atoms with van der Waals surface area (Å²) >= 11 is 0. The highest BCUT2D eigenvalue weighted by atomic mass is 16.7. The Balaban J connectivity index is 1.18. The van der Waals surface area contributed by atoms with Crippen LogP contribution in [0.4, 0.5) is 0 Å². The number of ether oxygens (including phenoxy) is 5. The molecule has 1 atom stereocenters. The van der Waals surface area contributed by atoms with E-state index in [1.807, 2.05) is 13.8 Å². The maximum atomic E-state index is 12.2. The number of nitrogens with zero attached hydrogens (tertiary/aromatic N) is 1. The summed E-state index contributed by atoms with van der Waals surface area (Å²) in [6.45, 7) is 7.01. The molecule has 2 aliphatic heterocycles. The number of carbonyl (C=O) groups excluding carboxylic acids is 2. The number of benzene rings is 1. The zero-order chi connectivity index (χ0) is 20.0. The Morgan fingerprint density at radius 3 is 2.11 bits per heavy atom. The van der Waals surface area contributed by atoms with E-state index in [2.05, 4.69) is 0 Å². The van der Waals surface area contributed by atoms with Crippen molar-refractivity contribution in [2.75, 3.05) is 52.8 Å². The predicted molar refractivity (Wildman–Crippen MR) is 99.2 cm³/mol. The Bertz CT molecular complexity index is 656. The summed E-state index contributed by atoms with van der Waals surface area (Å²) in [5.41, 5.74) is 0.905. The van der Waals surface area contributed by atoms with E-state index in [0.29, 0.717) is 50.8 Å². The molecule has 1 fully saturated rings. The van der Waals surface area contributed by atoms with Crippen molar-refractivity contribution in [3.8, 4) is 0 Å². The third-order valence-corrected chi connectivity index (χ3v) is 4.45. The van der Waals surface area contributed by atoms with E-state index in [9.17, 15) is 9.59 Å². The van der Waals surface area contributed by atoms with Crippen LogP contribution in [0, 0.1) is 0 Å². The Hall–Kier alpha value is -1.84. The minimum atomic E-state index is -0.533. The van der Waals surface area contributed by atoms with E-state index in [1.54, 1.807) is 24.3 Å². The van der Waals surface area contributed by atoms with Crippen LogP contribution in [0.2, 0.25) is 0 Å². The monoisotopic (exact) mass is 393 g/mol. The highest BCUT2D eigenvalue weighted by molar-refractivity contribution is 6.21. The number of carbonyl (C=O) groups is 2. The second-order valence-electron chi connectivity index (χ2n) is 7.06. The van der Waals surface area contributed by atoms with Gasteiger partial charge in [0.05, 0.1) is 63.9 Å². The van der Waals surface area contributed by atoms with Gasteiger partial charge >= 0.3 is 0 Å². The third-order valence-electron chi connectivity index (χ3n) is 4.45. The fourth-order valence-electron chi connectivity index (χ4n) is 3.10. The first-order chi connectivity index (χ1) is 13.5. The molecule has 8 nitrogen and oxygen atoms in total. The second-order valence-corrected chi connectivity index (χ2v) is 7.06. The maximum absolute atomic E-state index is 12.2. The van der Waals surface area contributed by atoms with Crippen molar-refractivity contribution >= 4 is 11.8 Å². The summed E-state index contributed by atoms with van der Waals surface area (Å²) in [6.07, 6.45) is -0.0412. The van der Waals surface area contributed by atoms with Gasteiger partial charge in [0.25, 0.3) is 11.8 Å². The molecule has 2 amide bonds. The van der Waals surface area contributed by atoms with Crippen LogP contribution in [0.1, 0.15) is 34.6 Å². The molecule has 1 aromatic rings. The highest BCUT2D eigenvalue weighted by Gasteiger charge is 2.34. The van der Waals surface area contributed by atoms with Gasteiger partial charge in [-0.15, -0.1) is 0 Å². The van der Waals surface area contributed by atoms with Crippen molar-refractivity contribution < 1.29 is 33.3 Å². The molecule has 0 saturated carbocycles. The fourth-order valence-corrected chi connectivity index (χ4v) is 3.10. The summed E-state index contributed by atoms with van der Waals surface area (Å²) in [5.74, 6) is -1.06. The van der Waals surface area contributed by atoms with Gasteiger partial charge in [0.2, 0.25) is 0 Å². The SMILES string of the molecule is CC1(C)OC[C@@H](COCCOCCOCCN2C(=O)c3ccccc3C2=O)O1. The third kappa shape index (κ3) is 5.36. The molecule has 2 heterocycles. The van der Waals surface area contributed by atoms with Crippen molar-refractivity contribution in [1.29, 1.82) is 0 Å². The van der Waals surface area contributed by atoms with E-state index in [1.165, 1.54) is 4.90 Å². The average Bonchev–Trinajstić information content (AvgIpc) is 3.14. The Kier molecular flexibility index (Phi) is 7.14. The minimum Gasteiger partial charge on any atom is -0.377 e. The number of fused-ring (bicyclic) bond motifs is 1. The van der Waals surface area contributed by atoms with Gasteiger partial charge in [-0.3, -0.25) is 14.5 Å². The number of rotatable bonds is 11. The van der Waals surface area contributed by atoms with Gasteiger partial charge in [0.1, 0.15) is 6.10 Å². The number of hydrogen-bond donors (Lipinski definition) is 0. The van der Waals surface area contributed by atoms with Crippen LogP contribution in [-0.4, -0.2) is 81.4 Å². The molecule has 0 aliphatic carbocycles. The summed E-state index contributed by atoms with van der Waals surface area (Å²) in [7, 11) is 0. The predicted octanol–water partition coefficient (Wildman–Crippen LogP) is 1.48. The van der Waals surface area contributed by atoms with Gasteiger partial charge < -0.3 is 23.7 Å². The molecule has 8 heteroatoms. The van der Waals surface area contributed by atoms with Gasteiger partial charge in [-0.2, -0.15) is 0 Å². The molecule has 0 radical (unpaired) electrons. The van der Waals surface area contributed by atoms with E-state index >= 15 is 0 Å². The van der Waals surface area contributed by atoms with Gasteiger partial charge in [0.15, 0.2) is 5.79 Å². The molecule has 2 aliphatic rings. The molecule has 0 aromatic heterocycles. The lowest BCUT2D eigenvalue weighted by molar-refractivity contribution is -0.145. The molecule has 1 aromatic carbocycles. The largest absolute Gasteiger partial charge is 0.377 e. The lowest BCUT2D eigenvalue weighted by Crippen LogP contribution is -2.33. The topological polar surface area (TPSA) is 83.5 Å². The van der Waals surface area contributed by atoms with Crippen molar-refractivity contribution in [1.82, 2.24) is 4.90 Å². The molecule has 0 unspecified atom stereocenters. The van der Waals surface area contributed by atoms with E-state index < -0.39 is 5.79 Å². The summed E-state index contributed by atoms with van der Waals surface area (Å²) in [6, 6.07) is 6.83. The lowest BCUT2D eigenvalue weighted by Gasteiger charge is -2.17.